The molecule has 1 aromatic carbocycles. The average Bonchev–Trinajstić information content (AvgIpc) is 3.52. The molecule has 10 nitrogen and oxygen atoms in total. The van der Waals surface area contributed by atoms with E-state index in [2.05, 4.69) is 15.8 Å². The van der Waals surface area contributed by atoms with E-state index in [1.54, 1.807) is 11.0 Å². The van der Waals surface area contributed by atoms with E-state index in [0.29, 0.717) is 59.1 Å². The van der Waals surface area contributed by atoms with E-state index in [9.17, 15) is 4.79 Å². The number of amides is 1. The van der Waals surface area contributed by atoms with Crippen LogP contribution in [-0.4, -0.2) is 71.6 Å². The Kier molecular flexibility index (Phi) is 9.86. The largest absolute Gasteiger partial charge is 0.494 e. The van der Waals surface area contributed by atoms with Crippen LogP contribution in [0.4, 0.5) is 10.6 Å². The van der Waals surface area contributed by atoms with Crippen LogP contribution in [0.2, 0.25) is 5.02 Å². The van der Waals surface area contributed by atoms with Crippen molar-refractivity contribution in [3.8, 4) is 28.4 Å². The molecule has 11 heteroatoms. The molecule has 1 aliphatic rings. The molecule has 1 fully saturated rings. The normalized spacial score (nSPS) is 15.1. The minimum Gasteiger partial charge on any atom is -0.494 e. The van der Waals surface area contributed by atoms with Crippen molar-refractivity contribution in [1.82, 2.24) is 25.3 Å². The number of nitrogens with zero attached hydrogens (tertiary/aromatic N) is 4. The average molecular weight is 571 g/mol. The van der Waals surface area contributed by atoms with Crippen molar-refractivity contribution in [3.05, 3.63) is 40.2 Å². The fraction of sp³-hybridized carbons (Fsp3) is 0.517. The Balaban J connectivity index is 1.68. The summed E-state index contributed by atoms with van der Waals surface area (Å²) in [6.45, 7) is 12.1. The molecule has 1 unspecified atom stereocenters. The molecule has 3 aromatic rings. The van der Waals surface area contributed by atoms with Crippen molar-refractivity contribution < 1.29 is 18.8 Å². The Labute approximate surface area is 240 Å². The summed E-state index contributed by atoms with van der Waals surface area (Å²) < 4.78 is 16.9. The molecule has 0 bridgehead atoms. The van der Waals surface area contributed by atoms with Gasteiger partial charge in [-0.3, -0.25) is 0 Å². The zero-order valence-electron chi connectivity index (χ0n) is 24.1. The van der Waals surface area contributed by atoms with E-state index < -0.39 is 0 Å². The van der Waals surface area contributed by atoms with Gasteiger partial charge in [0.1, 0.15) is 17.3 Å². The highest BCUT2D eigenvalue weighted by atomic mass is 35.5. The van der Waals surface area contributed by atoms with Gasteiger partial charge in [-0.1, -0.05) is 16.8 Å². The molecule has 2 N–H and O–H groups in total. The van der Waals surface area contributed by atoms with Gasteiger partial charge < -0.3 is 29.5 Å². The molecule has 1 aliphatic heterocycles. The maximum Gasteiger partial charge on any atom is 0.410 e. The second kappa shape index (κ2) is 13.3. The van der Waals surface area contributed by atoms with Crippen LogP contribution in [0, 0.1) is 20.8 Å². The van der Waals surface area contributed by atoms with Crippen molar-refractivity contribution in [1.29, 1.82) is 0 Å². The van der Waals surface area contributed by atoms with Crippen LogP contribution in [0.3, 0.4) is 0 Å². The number of aromatic nitrogens is 3. The smallest absolute Gasteiger partial charge is 0.410 e. The highest BCUT2D eigenvalue weighted by Gasteiger charge is 2.31. The highest BCUT2D eigenvalue weighted by molar-refractivity contribution is 6.33. The number of hydrogen-bond donors (Lipinski definition) is 2. The first kappa shape index (κ1) is 29.6. The monoisotopic (exact) mass is 570 g/mol. The minimum atomic E-state index is -0.283. The van der Waals surface area contributed by atoms with Crippen LogP contribution >= 0.6 is 11.6 Å². The van der Waals surface area contributed by atoms with Crippen molar-refractivity contribution in [3.63, 3.8) is 0 Å². The van der Waals surface area contributed by atoms with Gasteiger partial charge in [-0.25, -0.2) is 14.8 Å². The van der Waals surface area contributed by atoms with Crippen LogP contribution in [0.25, 0.3) is 22.6 Å². The highest BCUT2D eigenvalue weighted by Crippen LogP contribution is 2.36. The van der Waals surface area contributed by atoms with Crippen LogP contribution in [0.15, 0.2) is 22.7 Å². The van der Waals surface area contributed by atoms with E-state index in [0.717, 1.165) is 42.6 Å². The third-order valence-electron chi connectivity index (χ3n) is 6.89. The Morgan fingerprint density at radius 1 is 1.25 bits per heavy atom. The van der Waals surface area contributed by atoms with Crippen LogP contribution in [-0.2, 0) is 4.74 Å². The number of carbonyl (C=O) groups excluding carboxylic acids is 1. The molecule has 4 rings (SSSR count). The Morgan fingerprint density at radius 2 is 2.05 bits per heavy atom. The summed E-state index contributed by atoms with van der Waals surface area (Å²) in [6, 6.07) is 5.50. The number of carbonyl (C=O) groups is 1. The Bertz CT molecular complexity index is 1310. The molecular weight excluding hydrogens is 532 g/mol. The fourth-order valence-corrected chi connectivity index (χ4v) is 5.05. The second-order valence-corrected chi connectivity index (χ2v) is 10.7. The first-order chi connectivity index (χ1) is 19.2. The van der Waals surface area contributed by atoms with Crippen molar-refractivity contribution in [2.45, 2.75) is 66.0 Å². The van der Waals surface area contributed by atoms with Gasteiger partial charge in [0, 0.05) is 24.2 Å². The number of likely N-dealkylation sites (tertiary alicyclic amines) is 1. The van der Waals surface area contributed by atoms with Crippen LogP contribution in [0.1, 0.15) is 50.1 Å². The van der Waals surface area contributed by atoms with Crippen LogP contribution < -0.4 is 15.4 Å². The summed E-state index contributed by atoms with van der Waals surface area (Å²) in [5.74, 6) is 2.47. The van der Waals surface area contributed by atoms with Gasteiger partial charge in [-0.2, -0.15) is 0 Å². The van der Waals surface area contributed by atoms with E-state index in [-0.39, 0.29) is 18.2 Å². The number of rotatable bonds is 11. The molecule has 3 heterocycles. The lowest BCUT2D eigenvalue weighted by molar-refractivity contribution is 0.0746. The molecule has 0 radical (unpaired) electrons. The molecule has 2 aromatic heterocycles. The fourth-order valence-electron chi connectivity index (χ4n) is 4.85. The standard InChI is InChI=1S/C29H39ClN6O4/c1-17(2)39-29(37)36-13-7-9-21(36)16-32-27-18(3)26(25-19(4)35-40-20(25)5)33-28(34-27)23-15-22(10-11-24(23)30)38-14-8-12-31-6/h10-11,15,17,21,31H,7-9,12-14,16H2,1-6H3,(H,32,33,34). The summed E-state index contributed by atoms with van der Waals surface area (Å²) in [6.07, 6.45) is 2.23. The predicted octanol–water partition coefficient (Wildman–Crippen LogP) is 5.79. The number of hydrogen-bond acceptors (Lipinski definition) is 9. The zero-order chi connectivity index (χ0) is 28.8. The Morgan fingerprint density at radius 3 is 2.75 bits per heavy atom. The van der Waals surface area contributed by atoms with Crippen molar-refractivity contribution >= 4 is 23.5 Å². The third kappa shape index (κ3) is 6.85. The molecule has 1 saturated heterocycles. The summed E-state index contributed by atoms with van der Waals surface area (Å²) in [5, 5.41) is 11.3. The van der Waals surface area contributed by atoms with Gasteiger partial charge in [0.2, 0.25) is 0 Å². The SMILES string of the molecule is CNCCCOc1ccc(Cl)c(-c2nc(NCC3CCCN3C(=O)OC(C)C)c(C)c(-c3c(C)noc3C)n2)c1. The number of aryl methyl sites for hydroxylation is 2. The number of halogens is 1. The van der Waals surface area contributed by atoms with Crippen molar-refractivity contribution in [2.75, 3.05) is 38.6 Å². The van der Waals surface area contributed by atoms with Gasteiger partial charge in [-0.05, 0) is 85.7 Å². The summed E-state index contributed by atoms with van der Waals surface area (Å²) in [7, 11) is 1.92. The number of nitrogens with one attached hydrogen (secondary N) is 2. The van der Waals surface area contributed by atoms with Gasteiger partial charge in [0.25, 0.3) is 0 Å². The van der Waals surface area contributed by atoms with Crippen LogP contribution in [0.5, 0.6) is 5.75 Å². The summed E-state index contributed by atoms with van der Waals surface area (Å²) in [4.78, 5) is 24.3. The molecule has 1 atom stereocenters. The third-order valence-corrected chi connectivity index (χ3v) is 7.22. The molecular formula is C29H39ClN6O4. The van der Waals surface area contributed by atoms with Gasteiger partial charge >= 0.3 is 6.09 Å². The molecule has 0 spiro atoms. The minimum absolute atomic E-state index is 0.00972. The first-order valence-corrected chi connectivity index (χ1v) is 14.2. The first-order valence-electron chi connectivity index (χ1n) is 13.8. The van der Waals surface area contributed by atoms with Gasteiger partial charge in [-0.15, -0.1) is 0 Å². The molecule has 40 heavy (non-hydrogen) atoms. The lowest BCUT2D eigenvalue weighted by Gasteiger charge is -2.26. The van der Waals surface area contributed by atoms with Crippen molar-refractivity contribution in [2.24, 2.45) is 0 Å². The zero-order valence-corrected chi connectivity index (χ0v) is 24.9. The van der Waals surface area contributed by atoms with E-state index in [1.807, 2.05) is 53.8 Å². The van der Waals surface area contributed by atoms with Gasteiger partial charge in [0.05, 0.1) is 40.7 Å². The molecule has 0 aliphatic carbocycles. The Hall–Kier alpha value is -3.37. The number of anilines is 1. The summed E-state index contributed by atoms with van der Waals surface area (Å²) >= 11 is 6.67. The maximum absolute atomic E-state index is 12.7. The van der Waals surface area contributed by atoms with E-state index >= 15 is 0 Å². The molecule has 216 valence electrons. The topological polar surface area (TPSA) is 115 Å². The second-order valence-electron chi connectivity index (χ2n) is 10.3. The predicted molar refractivity (Wildman–Crippen MR) is 156 cm³/mol. The maximum atomic E-state index is 12.7. The number of benzene rings is 1. The molecule has 0 saturated carbocycles. The lowest BCUT2D eigenvalue weighted by Crippen LogP contribution is -2.40. The van der Waals surface area contributed by atoms with E-state index in [1.165, 1.54) is 0 Å². The summed E-state index contributed by atoms with van der Waals surface area (Å²) in [5.41, 5.74) is 3.78. The molecule has 1 amide bonds. The quantitative estimate of drug-likeness (QED) is 0.276. The lowest BCUT2D eigenvalue weighted by atomic mass is 10.0. The van der Waals surface area contributed by atoms with Gasteiger partial charge in [0.15, 0.2) is 5.82 Å². The van der Waals surface area contributed by atoms with E-state index in [4.69, 9.17) is 35.6 Å². The number of ether oxygens (including phenoxy) is 2.